The quantitative estimate of drug-likeness (QED) is 0.649. The number of sulfonamides is 1. The van der Waals surface area contributed by atoms with Gasteiger partial charge in [0.1, 0.15) is 0 Å². The molecule has 0 atom stereocenters. The lowest BCUT2D eigenvalue weighted by Crippen LogP contribution is -2.24. The lowest BCUT2D eigenvalue weighted by molar-refractivity contribution is 0.0944. The Hall–Kier alpha value is -2.97. The third-order valence-corrected chi connectivity index (χ3v) is 5.73. The summed E-state index contributed by atoms with van der Waals surface area (Å²) >= 11 is 0. The van der Waals surface area contributed by atoms with Crippen molar-refractivity contribution < 1.29 is 13.2 Å². The Labute approximate surface area is 169 Å². The van der Waals surface area contributed by atoms with Gasteiger partial charge < -0.3 is 5.32 Å². The van der Waals surface area contributed by atoms with Gasteiger partial charge in [0, 0.05) is 17.8 Å². The number of carbonyl (C=O) groups is 1. The lowest BCUT2D eigenvalue weighted by Gasteiger charge is -2.06. The van der Waals surface area contributed by atoms with Gasteiger partial charge in [-0.15, -0.1) is 0 Å². The summed E-state index contributed by atoms with van der Waals surface area (Å²) < 4.78 is 24.2. The number of amides is 1. The van der Waals surface area contributed by atoms with Crippen molar-refractivity contribution in [1.29, 1.82) is 0 Å². The summed E-state index contributed by atoms with van der Waals surface area (Å²) in [5, 5.41) is 12.6. The molecule has 1 aromatic heterocycles. The number of hydrogen-bond acceptors (Lipinski definition) is 4. The van der Waals surface area contributed by atoms with Gasteiger partial charge in [-0.2, -0.15) is 5.10 Å². The number of fused-ring (bicyclic) bond motifs is 1. The maximum absolute atomic E-state index is 12.8. The minimum Gasteiger partial charge on any atom is -0.347 e. The molecule has 3 N–H and O–H groups in total. The van der Waals surface area contributed by atoms with E-state index in [1.807, 2.05) is 35.0 Å². The van der Waals surface area contributed by atoms with Crippen molar-refractivity contribution >= 4 is 15.9 Å². The van der Waals surface area contributed by atoms with Crippen LogP contribution in [-0.4, -0.2) is 24.1 Å². The van der Waals surface area contributed by atoms with Gasteiger partial charge in [-0.1, -0.05) is 42.5 Å². The zero-order valence-corrected chi connectivity index (χ0v) is 16.7. The second kappa shape index (κ2) is 7.81. The van der Waals surface area contributed by atoms with Crippen molar-refractivity contribution in [3.8, 4) is 5.69 Å². The molecule has 1 aliphatic carbocycles. The number of para-hydroxylation sites is 1. The van der Waals surface area contributed by atoms with Gasteiger partial charge in [-0.25, -0.2) is 18.2 Å². The van der Waals surface area contributed by atoms with E-state index in [1.54, 1.807) is 24.3 Å². The maximum Gasteiger partial charge on any atom is 0.272 e. The molecule has 0 bridgehead atoms. The zero-order valence-electron chi connectivity index (χ0n) is 15.8. The van der Waals surface area contributed by atoms with E-state index in [4.69, 9.17) is 5.14 Å². The van der Waals surface area contributed by atoms with Crippen LogP contribution in [0.25, 0.3) is 5.69 Å². The number of nitrogens with two attached hydrogens (primary N) is 1. The first-order valence-corrected chi connectivity index (χ1v) is 11.1. The molecule has 3 aromatic rings. The van der Waals surface area contributed by atoms with Crippen LogP contribution in [0.1, 0.15) is 39.3 Å². The fraction of sp³-hybridized carbons (Fsp3) is 0.238. The molecule has 0 spiro atoms. The summed E-state index contributed by atoms with van der Waals surface area (Å²) in [4.78, 5) is 12.8. The van der Waals surface area contributed by atoms with Crippen molar-refractivity contribution in [2.45, 2.75) is 31.6 Å². The molecule has 7 nitrogen and oxygen atoms in total. The highest BCUT2D eigenvalue weighted by Gasteiger charge is 2.26. The summed E-state index contributed by atoms with van der Waals surface area (Å²) in [6.07, 6.45) is 2.79. The van der Waals surface area contributed by atoms with Crippen molar-refractivity contribution in [1.82, 2.24) is 15.1 Å². The largest absolute Gasteiger partial charge is 0.347 e. The molecular formula is C21H22N4O3S. The number of rotatable bonds is 6. The number of benzene rings is 2. The molecule has 0 unspecified atom stereocenters. The van der Waals surface area contributed by atoms with Crippen LogP contribution in [0.15, 0.2) is 54.6 Å². The minimum absolute atomic E-state index is 0.202. The fourth-order valence-corrected chi connectivity index (χ4v) is 4.31. The number of aromatic nitrogens is 2. The van der Waals surface area contributed by atoms with Crippen LogP contribution >= 0.6 is 0 Å². The van der Waals surface area contributed by atoms with Gasteiger partial charge in [0.2, 0.25) is 10.0 Å². The van der Waals surface area contributed by atoms with Crippen molar-refractivity contribution in [3.05, 3.63) is 82.7 Å². The van der Waals surface area contributed by atoms with Gasteiger partial charge in [0.25, 0.3) is 5.91 Å². The highest BCUT2D eigenvalue weighted by atomic mass is 32.2. The van der Waals surface area contributed by atoms with E-state index >= 15 is 0 Å². The Morgan fingerprint density at radius 2 is 1.72 bits per heavy atom. The Kier molecular flexibility index (Phi) is 5.21. The van der Waals surface area contributed by atoms with E-state index in [1.165, 1.54) is 0 Å². The first kappa shape index (κ1) is 19.4. The SMILES string of the molecule is NS(=O)(=O)Cc1ccc(CNC(=O)c2nn(-c3ccccc3)c3c2CCC3)cc1. The predicted octanol–water partition coefficient (Wildman–Crippen LogP) is 2.08. The van der Waals surface area contributed by atoms with Gasteiger partial charge in [-0.3, -0.25) is 4.79 Å². The Morgan fingerprint density at radius 1 is 1.03 bits per heavy atom. The summed E-state index contributed by atoms with van der Waals surface area (Å²) in [7, 11) is -3.56. The van der Waals surface area contributed by atoms with Gasteiger partial charge in [-0.05, 0) is 42.5 Å². The highest BCUT2D eigenvalue weighted by Crippen LogP contribution is 2.27. The van der Waals surface area contributed by atoms with Crippen LogP contribution in [0.2, 0.25) is 0 Å². The van der Waals surface area contributed by atoms with Crippen LogP contribution in [0.5, 0.6) is 0 Å². The lowest BCUT2D eigenvalue weighted by atomic mass is 10.1. The molecule has 29 heavy (non-hydrogen) atoms. The summed E-state index contributed by atoms with van der Waals surface area (Å²) in [5.41, 5.74) is 5.04. The van der Waals surface area contributed by atoms with Crippen LogP contribution in [0.4, 0.5) is 0 Å². The normalized spacial score (nSPS) is 13.3. The van der Waals surface area contributed by atoms with E-state index < -0.39 is 10.0 Å². The molecule has 0 fully saturated rings. The average molecular weight is 410 g/mol. The van der Waals surface area contributed by atoms with Crippen LogP contribution in [-0.2, 0) is 35.2 Å². The second-order valence-corrected chi connectivity index (χ2v) is 8.80. The summed E-state index contributed by atoms with van der Waals surface area (Å²) in [6.45, 7) is 0.335. The first-order chi connectivity index (χ1) is 13.9. The highest BCUT2D eigenvalue weighted by molar-refractivity contribution is 7.88. The van der Waals surface area contributed by atoms with Gasteiger partial charge in [0.05, 0.1) is 11.4 Å². The standard InChI is InChI=1S/C21H22N4O3S/c22-29(27,28)14-16-11-9-15(10-12-16)13-23-21(26)20-18-7-4-8-19(18)25(24-20)17-5-2-1-3-6-17/h1-3,5-6,9-12H,4,7-8,13-14H2,(H,23,26)(H2,22,27,28). The topological polar surface area (TPSA) is 107 Å². The van der Waals surface area contributed by atoms with E-state index in [0.717, 1.165) is 41.8 Å². The molecule has 150 valence electrons. The number of nitrogens with one attached hydrogen (secondary N) is 1. The van der Waals surface area contributed by atoms with E-state index in [-0.39, 0.29) is 11.7 Å². The summed E-state index contributed by atoms with van der Waals surface area (Å²) in [5.74, 6) is -0.408. The third kappa shape index (κ3) is 4.38. The molecule has 0 radical (unpaired) electrons. The summed E-state index contributed by atoms with van der Waals surface area (Å²) in [6, 6.07) is 16.8. The molecule has 0 aliphatic heterocycles. The van der Waals surface area contributed by atoms with Crippen molar-refractivity contribution in [3.63, 3.8) is 0 Å². The van der Waals surface area contributed by atoms with Gasteiger partial charge >= 0.3 is 0 Å². The van der Waals surface area contributed by atoms with Crippen molar-refractivity contribution in [2.24, 2.45) is 5.14 Å². The number of nitrogens with zero attached hydrogens (tertiary/aromatic N) is 2. The molecule has 4 rings (SSSR count). The van der Waals surface area contributed by atoms with Crippen LogP contribution < -0.4 is 10.5 Å². The molecule has 1 amide bonds. The van der Waals surface area contributed by atoms with Gasteiger partial charge in [0.15, 0.2) is 5.69 Å². The van der Waals surface area contributed by atoms with E-state index in [0.29, 0.717) is 17.8 Å². The number of primary sulfonamides is 1. The molecule has 0 saturated carbocycles. The average Bonchev–Trinajstić information content (AvgIpc) is 3.29. The molecule has 1 aliphatic rings. The predicted molar refractivity (Wildman–Crippen MR) is 110 cm³/mol. The van der Waals surface area contributed by atoms with Crippen molar-refractivity contribution in [2.75, 3.05) is 0 Å². The maximum atomic E-state index is 12.8. The van der Waals surface area contributed by atoms with Crippen LogP contribution in [0.3, 0.4) is 0 Å². The number of hydrogen-bond donors (Lipinski definition) is 2. The fourth-order valence-electron chi connectivity index (χ4n) is 3.65. The smallest absolute Gasteiger partial charge is 0.272 e. The monoisotopic (exact) mass is 410 g/mol. The van der Waals surface area contributed by atoms with Crippen LogP contribution in [0, 0.1) is 0 Å². The first-order valence-electron chi connectivity index (χ1n) is 9.43. The zero-order chi connectivity index (χ0) is 20.4. The Bertz CT molecular complexity index is 1140. The molecule has 0 saturated heterocycles. The molecule has 2 aromatic carbocycles. The molecule has 1 heterocycles. The Morgan fingerprint density at radius 3 is 2.41 bits per heavy atom. The van der Waals surface area contributed by atoms with E-state index in [9.17, 15) is 13.2 Å². The Balaban J connectivity index is 1.48. The molecule has 8 heteroatoms. The third-order valence-electron chi connectivity index (χ3n) is 4.99. The second-order valence-electron chi connectivity index (χ2n) is 7.18. The molecular weight excluding hydrogens is 388 g/mol. The minimum atomic E-state index is -3.56. The van der Waals surface area contributed by atoms with E-state index in [2.05, 4.69) is 10.4 Å². The number of carbonyl (C=O) groups excluding carboxylic acids is 1.